The van der Waals surface area contributed by atoms with Crippen molar-refractivity contribution in [3.05, 3.63) is 50.7 Å². The van der Waals surface area contributed by atoms with Crippen LogP contribution in [-0.4, -0.2) is 68.2 Å². The lowest BCUT2D eigenvalue weighted by atomic mass is 10.0. The second-order valence-electron chi connectivity index (χ2n) is 8.37. The lowest BCUT2D eigenvalue weighted by molar-refractivity contribution is -0.135. The normalized spacial score (nSPS) is 15.1. The molecule has 186 valence electrons. The van der Waals surface area contributed by atoms with Crippen LogP contribution < -0.4 is 10.1 Å². The highest BCUT2D eigenvalue weighted by Gasteiger charge is 2.33. The van der Waals surface area contributed by atoms with E-state index in [0.29, 0.717) is 44.3 Å². The number of carbonyl (C=O) groups excluding carboxylic acids is 2. The van der Waals surface area contributed by atoms with Crippen molar-refractivity contribution in [3.8, 4) is 5.75 Å². The molecule has 34 heavy (non-hydrogen) atoms. The van der Waals surface area contributed by atoms with Gasteiger partial charge in [-0.25, -0.2) is 4.79 Å². The zero-order valence-electron chi connectivity index (χ0n) is 20.1. The number of aryl methyl sites for hydroxylation is 1. The molecule has 1 aromatic carbocycles. The first kappa shape index (κ1) is 26.3. The molecule has 2 aromatic rings. The average molecular weight is 508 g/mol. The van der Waals surface area contributed by atoms with Crippen LogP contribution in [0.15, 0.2) is 29.6 Å². The number of methoxy groups -OCH3 is 1. The van der Waals surface area contributed by atoms with E-state index in [0.717, 1.165) is 29.7 Å². The topological polar surface area (TPSA) is 71.1 Å². The molecular formula is C25H34ClN3O4S. The molecule has 2 heterocycles. The molecular weight excluding hydrogens is 474 g/mol. The van der Waals surface area contributed by atoms with E-state index >= 15 is 0 Å². The molecule has 0 bridgehead atoms. The number of amides is 3. The van der Waals surface area contributed by atoms with Crippen LogP contribution in [-0.2, 0) is 16.0 Å². The van der Waals surface area contributed by atoms with E-state index in [1.165, 1.54) is 4.88 Å². The van der Waals surface area contributed by atoms with Crippen molar-refractivity contribution in [2.24, 2.45) is 0 Å². The van der Waals surface area contributed by atoms with Crippen LogP contribution in [0.1, 0.15) is 41.8 Å². The first-order chi connectivity index (χ1) is 16.4. The monoisotopic (exact) mass is 507 g/mol. The largest absolute Gasteiger partial charge is 0.491 e. The summed E-state index contributed by atoms with van der Waals surface area (Å²) in [5, 5.41) is 5.64. The highest BCUT2D eigenvalue weighted by Crippen LogP contribution is 2.34. The summed E-state index contributed by atoms with van der Waals surface area (Å²) >= 11 is 7.86. The van der Waals surface area contributed by atoms with E-state index in [4.69, 9.17) is 21.1 Å². The zero-order chi connectivity index (χ0) is 24.5. The van der Waals surface area contributed by atoms with Crippen molar-refractivity contribution < 1.29 is 19.1 Å². The van der Waals surface area contributed by atoms with Gasteiger partial charge in [-0.15, -0.1) is 11.3 Å². The molecule has 7 nitrogen and oxygen atoms in total. The Morgan fingerprint density at radius 3 is 2.88 bits per heavy atom. The maximum atomic E-state index is 13.5. The summed E-state index contributed by atoms with van der Waals surface area (Å²) < 4.78 is 11.2. The number of nitrogens with zero attached hydrogens (tertiary/aromatic N) is 2. The fraction of sp³-hybridized carbons (Fsp3) is 0.520. The Bertz CT molecular complexity index is 967. The Morgan fingerprint density at radius 1 is 1.32 bits per heavy atom. The molecule has 0 radical (unpaired) electrons. The number of hydrogen-bond donors (Lipinski definition) is 1. The number of halogens is 1. The molecule has 0 saturated carbocycles. The van der Waals surface area contributed by atoms with Gasteiger partial charge in [0, 0.05) is 43.3 Å². The van der Waals surface area contributed by atoms with E-state index < -0.39 is 0 Å². The predicted molar refractivity (Wildman–Crippen MR) is 136 cm³/mol. The van der Waals surface area contributed by atoms with Crippen molar-refractivity contribution in [1.29, 1.82) is 0 Å². The van der Waals surface area contributed by atoms with Crippen LogP contribution in [0.5, 0.6) is 5.75 Å². The van der Waals surface area contributed by atoms with Gasteiger partial charge in [0.15, 0.2) is 0 Å². The SMILES string of the molecule is CCCNC(=O)N(CCCOC)CC(=O)N1CCc2sccc2C1COc1ccc(Cl)c(C)c1. The standard InChI is InChI=1S/C25H34ClN3O4S/c1-4-10-27-25(31)28(11-5-13-32-3)16-24(30)29-12-8-23-20(9-14-34-23)22(29)17-33-19-6-7-21(26)18(2)15-19/h6-7,9,14-15,22H,4-5,8,10-13,16-17H2,1-3H3,(H,27,31). The second-order valence-corrected chi connectivity index (χ2v) is 9.78. The lowest BCUT2D eigenvalue weighted by Crippen LogP contribution is -2.50. The predicted octanol–water partition coefficient (Wildman–Crippen LogP) is 4.67. The van der Waals surface area contributed by atoms with E-state index in [1.807, 2.05) is 36.9 Å². The molecule has 9 heteroatoms. The summed E-state index contributed by atoms with van der Waals surface area (Å²) in [4.78, 5) is 30.9. The van der Waals surface area contributed by atoms with Gasteiger partial charge in [0.25, 0.3) is 0 Å². The van der Waals surface area contributed by atoms with Crippen molar-refractivity contribution in [2.75, 3.05) is 46.5 Å². The molecule has 0 fully saturated rings. The van der Waals surface area contributed by atoms with Gasteiger partial charge in [0.05, 0.1) is 6.04 Å². The number of ether oxygens (including phenoxy) is 2. The lowest BCUT2D eigenvalue weighted by Gasteiger charge is -2.37. The molecule has 0 aliphatic carbocycles. The van der Waals surface area contributed by atoms with E-state index in [2.05, 4.69) is 16.8 Å². The number of nitrogens with one attached hydrogen (secondary N) is 1. The minimum Gasteiger partial charge on any atom is -0.491 e. The maximum Gasteiger partial charge on any atom is 0.317 e. The van der Waals surface area contributed by atoms with E-state index in [-0.39, 0.29) is 24.5 Å². The third kappa shape index (κ3) is 6.87. The summed E-state index contributed by atoms with van der Waals surface area (Å²) in [6.07, 6.45) is 2.31. The van der Waals surface area contributed by atoms with Crippen LogP contribution in [0.3, 0.4) is 0 Å². The molecule has 3 amide bonds. The molecule has 1 aliphatic rings. The quantitative estimate of drug-likeness (QED) is 0.448. The van der Waals surface area contributed by atoms with Crippen molar-refractivity contribution in [2.45, 2.75) is 39.2 Å². The number of rotatable bonds is 11. The fourth-order valence-electron chi connectivity index (χ4n) is 4.01. The van der Waals surface area contributed by atoms with Crippen LogP contribution in [0.2, 0.25) is 5.02 Å². The first-order valence-corrected chi connectivity index (χ1v) is 13.0. The number of hydrogen-bond acceptors (Lipinski definition) is 5. The molecule has 0 spiro atoms. The van der Waals surface area contributed by atoms with Gasteiger partial charge in [-0.1, -0.05) is 18.5 Å². The van der Waals surface area contributed by atoms with Gasteiger partial charge in [0.2, 0.25) is 5.91 Å². The van der Waals surface area contributed by atoms with Crippen LogP contribution in [0, 0.1) is 6.92 Å². The summed E-state index contributed by atoms with van der Waals surface area (Å²) in [6.45, 7) is 6.46. The highest BCUT2D eigenvalue weighted by atomic mass is 35.5. The van der Waals surface area contributed by atoms with Crippen molar-refractivity contribution in [3.63, 3.8) is 0 Å². The molecule has 1 N–H and O–H groups in total. The Kier molecular flexibility index (Phi) is 10.0. The average Bonchev–Trinajstić information content (AvgIpc) is 3.31. The summed E-state index contributed by atoms with van der Waals surface area (Å²) in [7, 11) is 1.63. The number of benzene rings is 1. The third-order valence-corrected chi connectivity index (χ3v) is 7.29. The van der Waals surface area contributed by atoms with Crippen molar-refractivity contribution >= 4 is 34.9 Å². The minimum absolute atomic E-state index is 0.0231. The zero-order valence-corrected chi connectivity index (χ0v) is 21.7. The summed E-state index contributed by atoms with van der Waals surface area (Å²) in [5.41, 5.74) is 2.06. The van der Waals surface area contributed by atoms with Gasteiger partial charge in [-0.3, -0.25) is 4.79 Å². The molecule has 3 rings (SSSR count). The smallest absolute Gasteiger partial charge is 0.317 e. The molecule has 0 saturated heterocycles. The van der Waals surface area contributed by atoms with Crippen LogP contribution >= 0.6 is 22.9 Å². The van der Waals surface area contributed by atoms with Gasteiger partial charge in [0.1, 0.15) is 18.9 Å². The van der Waals surface area contributed by atoms with Crippen LogP contribution in [0.25, 0.3) is 0 Å². The number of fused-ring (bicyclic) bond motifs is 1. The third-order valence-electron chi connectivity index (χ3n) is 5.87. The van der Waals surface area contributed by atoms with Gasteiger partial charge in [-0.2, -0.15) is 0 Å². The maximum absolute atomic E-state index is 13.5. The molecule has 1 atom stereocenters. The second kappa shape index (κ2) is 13.0. The Labute approximate surface area is 211 Å². The number of thiophene rings is 1. The minimum atomic E-state index is -0.219. The van der Waals surface area contributed by atoms with E-state index in [1.54, 1.807) is 23.3 Å². The Morgan fingerprint density at radius 2 is 2.15 bits per heavy atom. The number of urea groups is 1. The Hall–Kier alpha value is -2.29. The molecule has 1 unspecified atom stereocenters. The van der Waals surface area contributed by atoms with Gasteiger partial charge >= 0.3 is 6.03 Å². The van der Waals surface area contributed by atoms with Gasteiger partial charge in [-0.05, 0) is 67.0 Å². The highest BCUT2D eigenvalue weighted by molar-refractivity contribution is 7.10. The van der Waals surface area contributed by atoms with Crippen LogP contribution in [0.4, 0.5) is 4.79 Å². The Balaban J connectivity index is 1.73. The molecule has 1 aliphatic heterocycles. The summed E-state index contributed by atoms with van der Waals surface area (Å²) in [5.74, 6) is 0.638. The van der Waals surface area contributed by atoms with E-state index in [9.17, 15) is 9.59 Å². The first-order valence-electron chi connectivity index (χ1n) is 11.7. The number of carbonyl (C=O) groups is 2. The summed E-state index contributed by atoms with van der Waals surface area (Å²) in [6, 6.07) is 7.21. The van der Waals surface area contributed by atoms with Crippen molar-refractivity contribution in [1.82, 2.24) is 15.1 Å². The van der Waals surface area contributed by atoms with Gasteiger partial charge < -0.3 is 24.6 Å². The molecule has 1 aromatic heterocycles. The fourth-order valence-corrected chi connectivity index (χ4v) is 5.05.